The zero-order valence-electron chi connectivity index (χ0n) is 20.2. The van der Waals surface area contributed by atoms with Crippen LogP contribution in [0, 0.1) is 3.57 Å². The topological polar surface area (TPSA) is 105 Å². The van der Waals surface area contributed by atoms with Crippen LogP contribution in [0.2, 0.25) is 0 Å². The molecule has 36 heavy (non-hydrogen) atoms. The van der Waals surface area contributed by atoms with E-state index in [1.807, 2.05) is 59.5 Å². The number of nitrogens with zero attached hydrogens (tertiary/aromatic N) is 2. The third-order valence-electron chi connectivity index (χ3n) is 5.63. The average Bonchev–Trinajstić information content (AvgIpc) is 3.23. The Morgan fingerprint density at radius 3 is 2.56 bits per heavy atom. The monoisotopic (exact) mass is 641 g/mol. The molecule has 8 nitrogen and oxygen atoms in total. The van der Waals surface area contributed by atoms with Crippen LogP contribution >= 0.6 is 34.4 Å². The number of thioether (sulfide) groups is 1. The standard InChI is InChI=1S/C25H28IN3O5S2/c1-25(2,3)34-24(31)27-19(12-16-8-5-4-6-9-16)22(30)28-23-29(18-11-7-10-17(26)13-18)20-14-36(32,33)15-21(20)35-23/h4-11,13,19-21H,12,14-15H2,1-3H3,(H,27,31)/t19-,20-,21-/m1/s1. The van der Waals surface area contributed by atoms with E-state index >= 15 is 0 Å². The van der Waals surface area contributed by atoms with Crippen LogP contribution in [-0.2, 0) is 25.8 Å². The van der Waals surface area contributed by atoms with E-state index in [9.17, 15) is 18.0 Å². The van der Waals surface area contributed by atoms with Crippen molar-refractivity contribution in [3.05, 3.63) is 63.7 Å². The predicted molar refractivity (Wildman–Crippen MR) is 151 cm³/mol. The molecule has 2 saturated heterocycles. The Kier molecular flexibility index (Phi) is 8.01. The summed E-state index contributed by atoms with van der Waals surface area (Å²) < 4.78 is 31.1. The first-order chi connectivity index (χ1) is 16.9. The number of hydrogen-bond acceptors (Lipinski definition) is 6. The van der Waals surface area contributed by atoms with Gasteiger partial charge in [-0.25, -0.2) is 13.2 Å². The molecular weight excluding hydrogens is 613 g/mol. The summed E-state index contributed by atoms with van der Waals surface area (Å²) in [4.78, 5) is 32.3. The minimum absolute atomic E-state index is 0.00690. The molecule has 0 saturated carbocycles. The number of sulfone groups is 1. The zero-order valence-corrected chi connectivity index (χ0v) is 24.0. The summed E-state index contributed by atoms with van der Waals surface area (Å²) in [5, 5.41) is 2.90. The van der Waals surface area contributed by atoms with Crippen molar-refractivity contribution in [1.82, 2.24) is 5.32 Å². The second-order valence-electron chi connectivity index (χ2n) is 9.77. The highest BCUT2D eigenvalue weighted by Gasteiger charge is 2.49. The van der Waals surface area contributed by atoms with Crippen LogP contribution in [0.1, 0.15) is 26.3 Å². The van der Waals surface area contributed by atoms with Gasteiger partial charge in [0.2, 0.25) is 0 Å². The van der Waals surface area contributed by atoms with Gasteiger partial charge in [-0.05, 0) is 67.1 Å². The fraction of sp³-hybridized carbons (Fsp3) is 0.400. The first-order valence-corrected chi connectivity index (χ1v) is 15.3. The van der Waals surface area contributed by atoms with Crippen molar-refractivity contribution in [3.8, 4) is 0 Å². The molecule has 2 aliphatic heterocycles. The van der Waals surface area contributed by atoms with E-state index in [-0.39, 0.29) is 29.2 Å². The Balaban J connectivity index is 1.65. The van der Waals surface area contributed by atoms with E-state index in [2.05, 4.69) is 32.9 Å². The summed E-state index contributed by atoms with van der Waals surface area (Å²) in [5.74, 6) is -0.474. The van der Waals surface area contributed by atoms with Gasteiger partial charge in [-0.1, -0.05) is 48.2 Å². The lowest BCUT2D eigenvalue weighted by atomic mass is 10.1. The minimum atomic E-state index is -3.18. The number of fused-ring (bicyclic) bond motifs is 1. The van der Waals surface area contributed by atoms with Gasteiger partial charge >= 0.3 is 6.09 Å². The van der Waals surface area contributed by atoms with Crippen LogP contribution in [0.4, 0.5) is 10.5 Å². The molecule has 0 radical (unpaired) electrons. The minimum Gasteiger partial charge on any atom is -0.444 e. The lowest BCUT2D eigenvalue weighted by Crippen LogP contribution is -2.45. The Labute approximate surface area is 229 Å². The number of halogens is 1. The molecule has 4 rings (SSSR count). The maximum absolute atomic E-state index is 13.5. The molecule has 1 N–H and O–H groups in total. The molecule has 2 amide bonds. The summed E-state index contributed by atoms with van der Waals surface area (Å²) >= 11 is 3.50. The molecule has 0 aliphatic carbocycles. The maximum atomic E-state index is 13.5. The Bertz CT molecular complexity index is 1280. The summed E-state index contributed by atoms with van der Waals surface area (Å²) in [6.45, 7) is 5.26. The number of carbonyl (C=O) groups excluding carboxylic acids is 2. The van der Waals surface area contributed by atoms with Gasteiger partial charge < -0.3 is 15.0 Å². The first kappa shape index (κ1) is 26.9. The third-order valence-corrected chi connectivity index (χ3v) is 9.51. The normalized spacial score (nSPS) is 22.8. The quantitative estimate of drug-likeness (QED) is 0.492. The number of ether oxygens (including phenoxy) is 1. The highest BCUT2D eigenvalue weighted by Crippen LogP contribution is 2.41. The van der Waals surface area contributed by atoms with Gasteiger partial charge in [0.1, 0.15) is 11.6 Å². The molecule has 0 unspecified atom stereocenters. The summed E-state index contributed by atoms with van der Waals surface area (Å²) in [7, 11) is -3.18. The van der Waals surface area contributed by atoms with Crippen molar-refractivity contribution < 1.29 is 22.7 Å². The Hall–Kier alpha value is -2.12. The van der Waals surface area contributed by atoms with E-state index in [1.54, 1.807) is 20.8 Å². The van der Waals surface area contributed by atoms with Gasteiger partial charge in [-0.3, -0.25) is 4.79 Å². The number of amidine groups is 1. The fourth-order valence-corrected chi connectivity index (χ4v) is 8.61. The second-order valence-corrected chi connectivity index (χ2v) is 14.4. The second kappa shape index (κ2) is 10.7. The Morgan fingerprint density at radius 2 is 1.89 bits per heavy atom. The largest absolute Gasteiger partial charge is 0.444 e. The zero-order chi connectivity index (χ0) is 26.1. The number of anilines is 1. The molecule has 0 spiro atoms. The van der Waals surface area contributed by atoms with Crippen molar-refractivity contribution in [3.63, 3.8) is 0 Å². The Morgan fingerprint density at radius 1 is 1.17 bits per heavy atom. The van der Waals surface area contributed by atoms with Crippen LogP contribution in [0.5, 0.6) is 0 Å². The van der Waals surface area contributed by atoms with Gasteiger partial charge in [0.25, 0.3) is 5.91 Å². The van der Waals surface area contributed by atoms with Crippen LogP contribution in [-0.4, -0.2) is 60.0 Å². The number of aliphatic imine (C=N–C) groups is 1. The lowest BCUT2D eigenvalue weighted by molar-refractivity contribution is -0.119. The number of amides is 2. The highest BCUT2D eigenvalue weighted by molar-refractivity contribution is 14.1. The predicted octanol–water partition coefficient (Wildman–Crippen LogP) is 4.03. The van der Waals surface area contributed by atoms with Crippen LogP contribution in [0.25, 0.3) is 0 Å². The molecule has 2 aromatic carbocycles. The number of nitrogens with one attached hydrogen (secondary N) is 1. The molecule has 0 bridgehead atoms. The molecule has 0 aromatic heterocycles. The van der Waals surface area contributed by atoms with Gasteiger partial charge in [-0.15, -0.1) is 0 Å². The van der Waals surface area contributed by atoms with E-state index in [1.165, 1.54) is 11.8 Å². The molecule has 11 heteroatoms. The molecule has 192 valence electrons. The van der Waals surface area contributed by atoms with Crippen molar-refractivity contribution >= 4 is 67.0 Å². The molecule has 3 atom stereocenters. The average molecular weight is 642 g/mol. The number of rotatable bonds is 5. The van der Waals surface area contributed by atoms with E-state index in [0.29, 0.717) is 5.17 Å². The fourth-order valence-electron chi connectivity index (χ4n) is 4.16. The number of hydrogen-bond donors (Lipinski definition) is 1. The first-order valence-electron chi connectivity index (χ1n) is 11.5. The molecular formula is C25H28IN3O5S2. The molecule has 2 aliphatic rings. The summed E-state index contributed by atoms with van der Waals surface area (Å²) in [6.07, 6.45) is -0.460. The number of carbonyl (C=O) groups is 2. The van der Waals surface area contributed by atoms with Gasteiger partial charge in [0.15, 0.2) is 15.0 Å². The van der Waals surface area contributed by atoms with Gasteiger partial charge in [-0.2, -0.15) is 4.99 Å². The van der Waals surface area contributed by atoms with Gasteiger partial charge in [0, 0.05) is 20.9 Å². The number of benzene rings is 2. The van der Waals surface area contributed by atoms with Gasteiger partial charge in [0.05, 0.1) is 17.5 Å². The highest BCUT2D eigenvalue weighted by atomic mass is 127. The molecule has 2 fully saturated rings. The smallest absolute Gasteiger partial charge is 0.408 e. The van der Waals surface area contributed by atoms with Crippen molar-refractivity contribution in [1.29, 1.82) is 0 Å². The molecule has 2 heterocycles. The van der Waals surface area contributed by atoms with Crippen LogP contribution in [0.3, 0.4) is 0 Å². The van der Waals surface area contributed by atoms with Crippen molar-refractivity contribution in [2.24, 2.45) is 4.99 Å². The van der Waals surface area contributed by atoms with E-state index in [0.717, 1.165) is 14.8 Å². The third kappa shape index (κ3) is 6.80. The SMILES string of the molecule is CC(C)(C)OC(=O)N[C@H](Cc1ccccc1)C(=O)N=C1S[C@@H]2CS(=O)(=O)C[C@H]2N1c1cccc(I)c1. The maximum Gasteiger partial charge on any atom is 0.408 e. The molecule has 2 aromatic rings. The summed E-state index contributed by atoms with van der Waals surface area (Å²) in [5.41, 5.74) is 0.927. The van der Waals surface area contributed by atoms with E-state index < -0.39 is 33.5 Å². The number of alkyl carbamates (subject to hydrolysis) is 1. The summed E-state index contributed by atoms with van der Waals surface area (Å²) in [6, 6.07) is 15.8. The van der Waals surface area contributed by atoms with Crippen molar-refractivity contribution in [2.45, 2.75) is 50.1 Å². The van der Waals surface area contributed by atoms with Crippen molar-refractivity contribution in [2.75, 3.05) is 16.4 Å². The van der Waals surface area contributed by atoms with Crippen LogP contribution in [0.15, 0.2) is 59.6 Å². The van der Waals surface area contributed by atoms with Crippen LogP contribution < -0.4 is 10.2 Å². The lowest BCUT2D eigenvalue weighted by Gasteiger charge is -2.25. The van der Waals surface area contributed by atoms with E-state index in [4.69, 9.17) is 4.74 Å².